The molecule has 120 valence electrons. The molecule has 0 radical (unpaired) electrons. The molecule has 1 saturated heterocycles. The van der Waals surface area contributed by atoms with E-state index in [1.54, 1.807) is 0 Å². The van der Waals surface area contributed by atoms with Crippen molar-refractivity contribution in [3.63, 3.8) is 0 Å². The fourth-order valence-electron chi connectivity index (χ4n) is 3.86. The normalized spacial score (nSPS) is 21.6. The Morgan fingerprint density at radius 1 is 1.18 bits per heavy atom. The summed E-state index contributed by atoms with van der Waals surface area (Å²) in [6, 6.07) is 10.1. The monoisotopic (exact) mass is 301 g/mol. The van der Waals surface area contributed by atoms with Gasteiger partial charge in [-0.05, 0) is 18.4 Å². The Kier molecular flexibility index (Phi) is 5.11. The van der Waals surface area contributed by atoms with Gasteiger partial charge in [-0.1, -0.05) is 49.6 Å². The zero-order valence-electron chi connectivity index (χ0n) is 13.3. The fraction of sp³-hybridized carbons (Fsp3) is 0.611. The molecule has 2 aliphatic rings. The third-order valence-electron chi connectivity index (χ3n) is 5.13. The molecule has 1 spiro atoms. The minimum atomic E-state index is 0.149. The summed E-state index contributed by atoms with van der Waals surface area (Å²) in [4.78, 5) is 14.8. The van der Waals surface area contributed by atoms with Crippen LogP contribution in [0.4, 0.5) is 0 Å². The number of carbonyl (C=O) groups is 1. The van der Waals surface area contributed by atoms with Gasteiger partial charge in [0.1, 0.15) is 0 Å². The average Bonchev–Trinajstić information content (AvgIpc) is 2.57. The number of carbonyl (C=O) groups excluding carboxylic acids is 1. The molecule has 0 aromatic heterocycles. The maximum absolute atomic E-state index is 12.3. The molecule has 1 saturated carbocycles. The highest BCUT2D eigenvalue weighted by Gasteiger charge is 2.40. The zero-order chi connectivity index (χ0) is 15.3. The third kappa shape index (κ3) is 3.68. The van der Waals surface area contributed by atoms with Gasteiger partial charge in [0.25, 0.3) is 0 Å². The smallest absolute Gasteiger partial charge is 0.234 e. The number of nitrogens with zero attached hydrogens (tertiary/aromatic N) is 1. The molecule has 2 N–H and O–H groups in total. The van der Waals surface area contributed by atoms with E-state index in [0.29, 0.717) is 13.1 Å². The van der Waals surface area contributed by atoms with E-state index in [1.807, 2.05) is 30.3 Å². The Labute approximate surface area is 133 Å². The van der Waals surface area contributed by atoms with Crippen LogP contribution in [0.3, 0.4) is 0 Å². The second-order valence-electron chi connectivity index (χ2n) is 6.65. The van der Waals surface area contributed by atoms with Crippen molar-refractivity contribution in [3.05, 3.63) is 35.9 Å². The van der Waals surface area contributed by atoms with Crippen molar-refractivity contribution in [2.45, 2.75) is 44.2 Å². The van der Waals surface area contributed by atoms with Crippen LogP contribution in [-0.2, 0) is 11.3 Å². The van der Waals surface area contributed by atoms with Crippen molar-refractivity contribution in [2.75, 3.05) is 26.2 Å². The van der Waals surface area contributed by atoms with Gasteiger partial charge in [-0.2, -0.15) is 0 Å². The number of hydrogen-bond donors (Lipinski definition) is 2. The lowest BCUT2D eigenvalue weighted by Gasteiger charge is -2.49. The van der Waals surface area contributed by atoms with Crippen molar-refractivity contribution in [1.82, 2.24) is 15.5 Å². The van der Waals surface area contributed by atoms with Gasteiger partial charge in [0, 0.05) is 31.7 Å². The van der Waals surface area contributed by atoms with Crippen molar-refractivity contribution in [1.29, 1.82) is 0 Å². The van der Waals surface area contributed by atoms with E-state index in [4.69, 9.17) is 0 Å². The first-order chi connectivity index (χ1) is 10.8. The first-order valence-corrected chi connectivity index (χ1v) is 8.55. The second kappa shape index (κ2) is 7.25. The topological polar surface area (TPSA) is 44.4 Å². The molecule has 1 aromatic rings. The van der Waals surface area contributed by atoms with Crippen LogP contribution in [0.2, 0.25) is 0 Å². The predicted octanol–water partition coefficient (Wildman–Crippen LogP) is 1.91. The Bertz CT molecular complexity index is 474. The maximum Gasteiger partial charge on any atom is 0.234 e. The lowest BCUT2D eigenvalue weighted by molar-refractivity contribution is -0.125. The molecule has 3 rings (SSSR count). The van der Waals surface area contributed by atoms with Crippen molar-refractivity contribution in [3.8, 4) is 0 Å². The average molecular weight is 301 g/mol. The minimum absolute atomic E-state index is 0.149. The molecule has 0 atom stereocenters. The summed E-state index contributed by atoms with van der Waals surface area (Å²) in [5.41, 5.74) is 1.38. The van der Waals surface area contributed by atoms with Crippen LogP contribution < -0.4 is 10.6 Å². The zero-order valence-corrected chi connectivity index (χ0v) is 13.3. The number of nitrogens with one attached hydrogen (secondary N) is 2. The second-order valence-corrected chi connectivity index (χ2v) is 6.65. The Morgan fingerprint density at radius 2 is 1.95 bits per heavy atom. The lowest BCUT2D eigenvalue weighted by Crippen LogP contribution is -2.63. The lowest BCUT2D eigenvalue weighted by atomic mass is 9.79. The molecule has 22 heavy (non-hydrogen) atoms. The van der Waals surface area contributed by atoms with Gasteiger partial charge in [-0.3, -0.25) is 9.69 Å². The summed E-state index contributed by atoms with van der Waals surface area (Å²) in [6.07, 6.45) is 6.39. The molecule has 4 nitrogen and oxygen atoms in total. The first kappa shape index (κ1) is 15.5. The molecular weight excluding hydrogens is 274 g/mol. The number of hydrogen-bond acceptors (Lipinski definition) is 3. The Balaban J connectivity index is 1.55. The number of rotatable bonds is 4. The molecule has 1 heterocycles. The minimum Gasteiger partial charge on any atom is -0.351 e. The van der Waals surface area contributed by atoms with Crippen LogP contribution in [0.1, 0.15) is 37.7 Å². The molecule has 4 heteroatoms. The molecular formula is C18H27N3O. The summed E-state index contributed by atoms with van der Waals surface area (Å²) in [7, 11) is 0. The third-order valence-corrected chi connectivity index (χ3v) is 5.13. The molecule has 0 bridgehead atoms. The van der Waals surface area contributed by atoms with E-state index in [9.17, 15) is 4.79 Å². The van der Waals surface area contributed by atoms with E-state index < -0.39 is 0 Å². The van der Waals surface area contributed by atoms with Gasteiger partial charge in [-0.25, -0.2) is 0 Å². The van der Waals surface area contributed by atoms with Gasteiger partial charge in [0.15, 0.2) is 0 Å². The number of benzene rings is 1. The summed E-state index contributed by atoms with van der Waals surface area (Å²) in [6.45, 7) is 4.18. The van der Waals surface area contributed by atoms with E-state index in [-0.39, 0.29) is 11.4 Å². The molecule has 1 aliphatic heterocycles. The van der Waals surface area contributed by atoms with Crippen LogP contribution in [0.15, 0.2) is 30.3 Å². The highest BCUT2D eigenvalue weighted by atomic mass is 16.2. The highest BCUT2D eigenvalue weighted by Crippen LogP contribution is 2.34. The van der Waals surface area contributed by atoms with Gasteiger partial charge < -0.3 is 10.6 Å². The summed E-state index contributed by atoms with van der Waals surface area (Å²) >= 11 is 0. The fourth-order valence-corrected chi connectivity index (χ4v) is 3.86. The molecule has 2 fully saturated rings. The predicted molar refractivity (Wildman–Crippen MR) is 88.5 cm³/mol. The standard InChI is InChI=1S/C18H27N3O/c22-17(20-13-16-7-3-1-4-8-16)14-21-12-11-19-15-18(21)9-5-2-6-10-18/h1,3-4,7-8,19H,2,5-6,9-15H2,(H,20,22). The van der Waals surface area contributed by atoms with Gasteiger partial charge in [0.2, 0.25) is 5.91 Å². The van der Waals surface area contributed by atoms with Crippen LogP contribution >= 0.6 is 0 Å². The maximum atomic E-state index is 12.3. The van der Waals surface area contributed by atoms with E-state index >= 15 is 0 Å². The summed E-state index contributed by atoms with van der Waals surface area (Å²) < 4.78 is 0. The van der Waals surface area contributed by atoms with Gasteiger partial charge >= 0.3 is 0 Å². The molecule has 1 aromatic carbocycles. The molecule has 1 aliphatic carbocycles. The first-order valence-electron chi connectivity index (χ1n) is 8.55. The highest BCUT2D eigenvalue weighted by molar-refractivity contribution is 5.78. The number of amides is 1. The summed E-state index contributed by atoms with van der Waals surface area (Å²) in [5.74, 6) is 0.149. The van der Waals surface area contributed by atoms with E-state index in [2.05, 4.69) is 15.5 Å². The van der Waals surface area contributed by atoms with Crippen LogP contribution in [0.25, 0.3) is 0 Å². The van der Waals surface area contributed by atoms with Crippen LogP contribution in [-0.4, -0.2) is 42.5 Å². The largest absolute Gasteiger partial charge is 0.351 e. The van der Waals surface area contributed by atoms with Crippen molar-refractivity contribution in [2.24, 2.45) is 0 Å². The SMILES string of the molecule is O=C(CN1CCNCC12CCCCC2)NCc1ccccc1. The van der Waals surface area contributed by atoms with Gasteiger partial charge in [0.05, 0.1) is 6.54 Å². The van der Waals surface area contributed by atoms with E-state index in [1.165, 1.54) is 32.1 Å². The Hall–Kier alpha value is -1.39. The quantitative estimate of drug-likeness (QED) is 0.893. The van der Waals surface area contributed by atoms with Crippen LogP contribution in [0, 0.1) is 0 Å². The Morgan fingerprint density at radius 3 is 2.73 bits per heavy atom. The molecule has 1 amide bonds. The van der Waals surface area contributed by atoms with Crippen molar-refractivity contribution >= 4 is 5.91 Å². The van der Waals surface area contributed by atoms with E-state index in [0.717, 1.165) is 25.2 Å². The van der Waals surface area contributed by atoms with Gasteiger partial charge in [-0.15, -0.1) is 0 Å². The van der Waals surface area contributed by atoms with Crippen molar-refractivity contribution < 1.29 is 4.79 Å². The number of piperazine rings is 1. The molecule has 0 unspecified atom stereocenters. The van der Waals surface area contributed by atoms with Crippen LogP contribution in [0.5, 0.6) is 0 Å². The summed E-state index contributed by atoms with van der Waals surface area (Å²) in [5, 5.41) is 6.60.